The molecule has 3 rings (SSSR count). The van der Waals surface area contributed by atoms with Crippen molar-refractivity contribution >= 4 is 27.5 Å². The minimum absolute atomic E-state index is 0.0291. The topological polar surface area (TPSA) is 144 Å². The van der Waals surface area contributed by atoms with Crippen LogP contribution in [0, 0.1) is 5.41 Å². The summed E-state index contributed by atoms with van der Waals surface area (Å²) in [6.45, 7) is 5.98. The standard InChI is InChI=1S/C26H30N4O5S/c1-4-34-23-16-19(12-15-22(23)35-17(2)3)24(29-20-13-10-18(11-14-20)25(27)28)26(31)30-36(32,33)21-8-6-5-7-9-21/h5-17,24,29H,4H2,1-3H3,(H3,27,28)(H,30,31). The first-order valence-corrected chi connectivity index (χ1v) is 12.8. The van der Waals surface area contributed by atoms with Crippen LogP contribution >= 0.6 is 0 Å². The van der Waals surface area contributed by atoms with Gasteiger partial charge in [-0.2, -0.15) is 0 Å². The van der Waals surface area contributed by atoms with Crippen molar-refractivity contribution < 1.29 is 22.7 Å². The van der Waals surface area contributed by atoms with Crippen molar-refractivity contribution in [3.05, 3.63) is 83.9 Å². The maximum Gasteiger partial charge on any atom is 0.264 e. The Morgan fingerprint density at radius 1 is 1.00 bits per heavy atom. The fraction of sp³-hybridized carbons (Fsp3) is 0.231. The Balaban J connectivity index is 2.00. The molecule has 10 heteroatoms. The number of carbonyl (C=O) groups excluding carboxylic acids is 1. The molecule has 0 bridgehead atoms. The molecule has 3 aromatic rings. The van der Waals surface area contributed by atoms with Gasteiger partial charge < -0.3 is 20.5 Å². The molecule has 36 heavy (non-hydrogen) atoms. The summed E-state index contributed by atoms with van der Waals surface area (Å²) in [4.78, 5) is 13.3. The Kier molecular flexibility index (Phi) is 8.55. The van der Waals surface area contributed by atoms with Crippen LogP contribution in [0.4, 0.5) is 5.69 Å². The van der Waals surface area contributed by atoms with Crippen LogP contribution in [0.15, 0.2) is 77.7 Å². The minimum atomic E-state index is -4.11. The third-order valence-electron chi connectivity index (χ3n) is 5.02. The Bertz CT molecular complexity index is 1310. The summed E-state index contributed by atoms with van der Waals surface area (Å²) in [7, 11) is -4.11. The summed E-state index contributed by atoms with van der Waals surface area (Å²) in [5.41, 5.74) is 7.03. The lowest BCUT2D eigenvalue weighted by molar-refractivity contribution is -0.120. The molecule has 0 saturated heterocycles. The van der Waals surface area contributed by atoms with Crippen molar-refractivity contribution in [2.24, 2.45) is 5.73 Å². The Morgan fingerprint density at radius 3 is 2.25 bits per heavy atom. The molecule has 1 unspecified atom stereocenters. The number of hydrogen-bond acceptors (Lipinski definition) is 7. The molecule has 1 amide bonds. The highest BCUT2D eigenvalue weighted by molar-refractivity contribution is 7.90. The Morgan fingerprint density at radius 2 is 1.67 bits per heavy atom. The first-order valence-electron chi connectivity index (χ1n) is 11.4. The predicted molar refractivity (Wildman–Crippen MR) is 139 cm³/mol. The lowest BCUT2D eigenvalue weighted by atomic mass is 10.0. The predicted octanol–water partition coefficient (Wildman–Crippen LogP) is 3.81. The van der Waals surface area contributed by atoms with Crippen molar-refractivity contribution in [1.29, 1.82) is 5.41 Å². The number of anilines is 1. The molecular formula is C26H30N4O5S. The molecule has 3 aromatic carbocycles. The first-order chi connectivity index (χ1) is 17.1. The maximum atomic E-state index is 13.4. The van der Waals surface area contributed by atoms with E-state index in [2.05, 4.69) is 10.0 Å². The normalized spacial score (nSPS) is 12.0. The molecule has 0 radical (unpaired) electrons. The molecule has 0 aromatic heterocycles. The summed E-state index contributed by atoms with van der Waals surface area (Å²) >= 11 is 0. The smallest absolute Gasteiger partial charge is 0.264 e. The zero-order valence-electron chi connectivity index (χ0n) is 20.3. The fourth-order valence-electron chi connectivity index (χ4n) is 3.39. The van der Waals surface area contributed by atoms with E-state index in [1.807, 2.05) is 20.8 Å². The number of ether oxygens (including phenoxy) is 2. The number of sulfonamides is 1. The SMILES string of the molecule is CCOc1cc(C(Nc2ccc(C(=N)N)cc2)C(=O)NS(=O)(=O)c2ccccc2)ccc1OC(C)C. The fourth-order valence-corrected chi connectivity index (χ4v) is 4.40. The highest BCUT2D eigenvalue weighted by Gasteiger charge is 2.27. The van der Waals surface area contributed by atoms with Crippen molar-refractivity contribution in [3.8, 4) is 11.5 Å². The largest absolute Gasteiger partial charge is 0.490 e. The zero-order chi connectivity index (χ0) is 26.3. The molecule has 5 N–H and O–H groups in total. The van der Waals surface area contributed by atoms with Gasteiger partial charge >= 0.3 is 0 Å². The molecule has 0 fully saturated rings. The molecule has 0 aliphatic carbocycles. The quantitative estimate of drug-likeness (QED) is 0.227. The van der Waals surface area contributed by atoms with Gasteiger partial charge in [0.25, 0.3) is 15.9 Å². The van der Waals surface area contributed by atoms with Gasteiger partial charge in [0.05, 0.1) is 17.6 Å². The van der Waals surface area contributed by atoms with Crippen molar-refractivity contribution in [3.63, 3.8) is 0 Å². The second-order valence-electron chi connectivity index (χ2n) is 8.16. The summed E-state index contributed by atoms with van der Waals surface area (Å²) < 4.78 is 39.4. The van der Waals surface area contributed by atoms with Crippen molar-refractivity contribution in [1.82, 2.24) is 4.72 Å². The van der Waals surface area contributed by atoms with E-state index in [9.17, 15) is 13.2 Å². The van der Waals surface area contributed by atoms with Crippen LogP contribution in [0.5, 0.6) is 11.5 Å². The van der Waals surface area contributed by atoms with Crippen molar-refractivity contribution in [2.75, 3.05) is 11.9 Å². The number of benzene rings is 3. The van der Waals surface area contributed by atoms with Crippen LogP contribution < -0.4 is 25.2 Å². The Labute approximate surface area is 211 Å². The van der Waals surface area contributed by atoms with Crippen molar-refractivity contribution in [2.45, 2.75) is 37.8 Å². The molecule has 9 nitrogen and oxygen atoms in total. The molecule has 0 saturated carbocycles. The number of nitrogen functional groups attached to an aromatic ring is 1. The monoisotopic (exact) mass is 510 g/mol. The van der Waals surface area contributed by atoms with Crippen LogP contribution in [-0.2, 0) is 14.8 Å². The lowest BCUT2D eigenvalue weighted by Crippen LogP contribution is -2.37. The van der Waals surface area contributed by atoms with Crippen LogP contribution in [0.1, 0.15) is 37.9 Å². The number of nitrogens with one attached hydrogen (secondary N) is 3. The highest BCUT2D eigenvalue weighted by Crippen LogP contribution is 2.33. The van der Waals surface area contributed by atoms with Gasteiger partial charge in [-0.1, -0.05) is 24.3 Å². The van der Waals surface area contributed by atoms with Gasteiger partial charge in [0, 0.05) is 11.3 Å². The number of carbonyl (C=O) groups is 1. The Hall–Kier alpha value is -4.05. The van der Waals surface area contributed by atoms with Gasteiger partial charge in [-0.15, -0.1) is 0 Å². The van der Waals surface area contributed by atoms with E-state index in [4.69, 9.17) is 20.6 Å². The van der Waals surface area contributed by atoms with Gasteiger partial charge in [-0.3, -0.25) is 10.2 Å². The zero-order valence-corrected chi connectivity index (χ0v) is 21.1. The summed E-state index contributed by atoms with van der Waals surface area (Å²) in [6, 6.07) is 18.1. The van der Waals surface area contributed by atoms with Crippen LogP contribution in [0.3, 0.4) is 0 Å². The number of nitrogens with two attached hydrogens (primary N) is 1. The minimum Gasteiger partial charge on any atom is -0.490 e. The molecule has 0 heterocycles. The number of amides is 1. The molecule has 190 valence electrons. The van der Waals surface area contributed by atoms with Gasteiger partial charge in [0.1, 0.15) is 11.9 Å². The van der Waals surface area contributed by atoms with E-state index in [-0.39, 0.29) is 16.8 Å². The van der Waals surface area contributed by atoms with Crippen LogP contribution in [-0.4, -0.2) is 32.9 Å². The summed E-state index contributed by atoms with van der Waals surface area (Å²) in [6.07, 6.45) is -0.0944. The number of amidine groups is 1. The average Bonchev–Trinajstić information content (AvgIpc) is 2.84. The first kappa shape index (κ1) is 26.6. The second kappa shape index (κ2) is 11.6. The van der Waals surface area contributed by atoms with Gasteiger partial charge in [-0.25, -0.2) is 13.1 Å². The van der Waals surface area contributed by atoms with E-state index in [1.54, 1.807) is 60.7 Å². The van der Waals surface area contributed by atoms with Gasteiger partial charge in [-0.05, 0) is 74.9 Å². The highest BCUT2D eigenvalue weighted by atomic mass is 32.2. The van der Waals surface area contributed by atoms with E-state index in [0.29, 0.717) is 34.9 Å². The van der Waals surface area contributed by atoms with E-state index in [0.717, 1.165) is 0 Å². The van der Waals surface area contributed by atoms with Crippen LogP contribution in [0.2, 0.25) is 0 Å². The lowest BCUT2D eigenvalue weighted by Gasteiger charge is -2.22. The second-order valence-corrected chi connectivity index (χ2v) is 9.84. The summed E-state index contributed by atoms with van der Waals surface area (Å²) in [5, 5.41) is 10.6. The van der Waals surface area contributed by atoms with E-state index in [1.165, 1.54) is 12.1 Å². The van der Waals surface area contributed by atoms with E-state index < -0.39 is 22.0 Å². The van der Waals surface area contributed by atoms with Gasteiger partial charge in [0.15, 0.2) is 11.5 Å². The third-order valence-corrected chi connectivity index (χ3v) is 6.38. The molecule has 0 aliphatic rings. The molecule has 1 atom stereocenters. The maximum absolute atomic E-state index is 13.4. The third kappa shape index (κ3) is 6.76. The molecular weight excluding hydrogens is 480 g/mol. The van der Waals surface area contributed by atoms with Crippen LogP contribution in [0.25, 0.3) is 0 Å². The number of rotatable bonds is 11. The van der Waals surface area contributed by atoms with Gasteiger partial charge in [0.2, 0.25) is 0 Å². The molecule has 0 aliphatic heterocycles. The number of hydrogen-bond donors (Lipinski definition) is 4. The summed E-state index contributed by atoms with van der Waals surface area (Å²) in [5.74, 6) is 0.0694. The van der Waals surface area contributed by atoms with E-state index >= 15 is 0 Å². The average molecular weight is 511 g/mol. The molecule has 0 spiro atoms.